The summed E-state index contributed by atoms with van der Waals surface area (Å²) in [5.41, 5.74) is 10.8. The van der Waals surface area contributed by atoms with Crippen molar-refractivity contribution in [1.82, 2.24) is 19.9 Å². The predicted molar refractivity (Wildman–Crippen MR) is 175 cm³/mol. The van der Waals surface area contributed by atoms with Crippen molar-refractivity contribution in [3.8, 4) is 0 Å². The average molecular weight is 611 g/mol. The number of carbonyl (C=O) groups is 3. The zero-order valence-electron chi connectivity index (χ0n) is 26.0. The third-order valence-electron chi connectivity index (χ3n) is 8.71. The second-order valence-corrected chi connectivity index (χ2v) is 11.0. The summed E-state index contributed by atoms with van der Waals surface area (Å²) >= 11 is 0. The standard InChI is InChI=1S/C35H32N4O5.Mg/c1-8-19-15(3)22-12-24-17(5)21(10-11-28(40)41)32(38-24)30-31(35(43)44-7)34(42)29-18(6)25(39-33(29)30)14-27-20(9-2)16(4)23(37-27)13-26(19)36-22;/h8,10-14,31H,1,9H2,2-7H3,(H3,36,37,38,39,40,41,42);/q;+2/p-2/b11-10+,22-12?,23-13?,24-12?,25-14?,26-13?,27-14?,32-30?;/t31-;/m1./s1. The summed E-state index contributed by atoms with van der Waals surface area (Å²) in [6, 6.07) is 5.65. The maximum absolute atomic E-state index is 13.9. The number of ether oxygens (including phenoxy) is 1. The summed E-state index contributed by atoms with van der Waals surface area (Å²) in [6.07, 6.45) is 4.95. The first-order valence-electron chi connectivity index (χ1n) is 14.3. The van der Waals surface area contributed by atoms with E-state index in [1.54, 1.807) is 13.0 Å². The molecular formula is C35H30MgN4O5. The molecule has 8 bridgehead atoms. The Bertz CT molecular complexity index is 2130. The van der Waals surface area contributed by atoms with Gasteiger partial charge in [0.2, 0.25) is 0 Å². The SMILES string of the molecule is C=Cc1c(C)c2cc3nc(c4c5[n-]c(cc6nc(cc1[n-]2)C(C)=C6CC)c(C)c5C(=O)[C@@H]4C(=O)OC)C(/C=C/C(=O)O)=C3C.[Mg+2]. The Morgan fingerprint density at radius 1 is 0.978 bits per heavy atom. The maximum Gasteiger partial charge on any atom is 2.00 e. The second-order valence-electron chi connectivity index (χ2n) is 11.0. The number of carboxylic acids is 1. The van der Waals surface area contributed by atoms with Gasteiger partial charge in [0.05, 0.1) is 29.9 Å². The van der Waals surface area contributed by atoms with Crippen LogP contribution in [0.15, 0.2) is 36.9 Å². The minimum atomic E-state index is -1.30. The van der Waals surface area contributed by atoms with E-state index in [4.69, 9.17) is 24.7 Å². The van der Waals surface area contributed by atoms with Gasteiger partial charge in [-0.15, -0.1) is 22.1 Å². The van der Waals surface area contributed by atoms with E-state index in [1.165, 1.54) is 13.2 Å². The number of Topliss-reactive ketones (excluding diaryl/α,β-unsaturated/α-hetero) is 1. The number of aromatic nitrogens is 4. The van der Waals surface area contributed by atoms with Crippen molar-refractivity contribution in [3.63, 3.8) is 0 Å². The summed E-state index contributed by atoms with van der Waals surface area (Å²) < 4.78 is 5.08. The molecule has 0 amide bonds. The van der Waals surface area contributed by atoms with Gasteiger partial charge in [-0.2, -0.15) is 0 Å². The minimum absolute atomic E-state index is 0. The molecule has 0 aromatic carbocycles. The first-order chi connectivity index (χ1) is 21.0. The summed E-state index contributed by atoms with van der Waals surface area (Å²) in [7, 11) is 1.23. The van der Waals surface area contributed by atoms with E-state index < -0.39 is 23.6 Å². The number of rotatable bonds is 5. The van der Waals surface area contributed by atoms with Crippen LogP contribution in [0.3, 0.4) is 0 Å². The van der Waals surface area contributed by atoms with E-state index in [9.17, 15) is 19.5 Å². The van der Waals surface area contributed by atoms with E-state index in [0.29, 0.717) is 50.2 Å². The first kappa shape index (κ1) is 31.9. The fourth-order valence-corrected chi connectivity index (χ4v) is 6.33. The smallest absolute Gasteiger partial charge is 0.657 e. The molecule has 0 spiro atoms. The number of carbonyl (C=O) groups excluding carboxylic acids is 2. The molecule has 1 N–H and O–H groups in total. The molecule has 10 heteroatoms. The molecule has 0 saturated heterocycles. The molecule has 222 valence electrons. The van der Waals surface area contributed by atoms with Crippen LogP contribution in [-0.2, 0) is 14.3 Å². The van der Waals surface area contributed by atoms with Gasteiger partial charge in [-0.05, 0) is 68.0 Å². The summed E-state index contributed by atoms with van der Waals surface area (Å²) in [4.78, 5) is 58.4. The molecule has 5 heterocycles. The first-order valence-corrected chi connectivity index (χ1v) is 14.3. The average Bonchev–Trinajstić information content (AvgIpc) is 3.72. The van der Waals surface area contributed by atoms with Crippen LogP contribution in [0, 0.1) is 13.8 Å². The molecule has 1 aliphatic carbocycles. The molecule has 2 aliphatic heterocycles. The van der Waals surface area contributed by atoms with E-state index >= 15 is 0 Å². The Hall–Kier alpha value is -4.54. The molecule has 0 unspecified atom stereocenters. The maximum atomic E-state index is 13.9. The van der Waals surface area contributed by atoms with Crippen LogP contribution in [0.25, 0.3) is 50.4 Å². The number of ketones is 1. The number of fused-ring (bicyclic) bond motifs is 8. The number of carboxylic acid groups (broad SMARTS) is 1. The fraction of sp³-hybridized carbons (Fsp3) is 0.229. The van der Waals surface area contributed by atoms with Crippen molar-refractivity contribution in [1.29, 1.82) is 0 Å². The van der Waals surface area contributed by atoms with Crippen LogP contribution in [0.5, 0.6) is 0 Å². The Labute approximate surface area is 276 Å². The van der Waals surface area contributed by atoms with E-state index in [1.807, 2.05) is 39.0 Å². The predicted octanol–water partition coefficient (Wildman–Crippen LogP) is 5.82. The third-order valence-corrected chi connectivity index (χ3v) is 8.71. The number of methoxy groups -OCH3 is 1. The summed E-state index contributed by atoms with van der Waals surface area (Å²) in [6.45, 7) is 13.7. The van der Waals surface area contributed by atoms with Gasteiger partial charge in [0.1, 0.15) is 5.92 Å². The van der Waals surface area contributed by atoms with Crippen molar-refractivity contribution in [2.45, 2.75) is 47.0 Å². The van der Waals surface area contributed by atoms with Crippen LogP contribution in [0.2, 0.25) is 0 Å². The molecule has 0 radical (unpaired) electrons. The summed E-state index contributed by atoms with van der Waals surface area (Å²) in [5, 5.41) is 9.48. The monoisotopic (exact) mass is 610 g/mol. The Morgan fingerprint density at radius 3 is 2.27 bits per heavy atom. The molecule has 3 aliphatic rings. The number of aryl methyl sites for hydroxylation is 2. The molecular weight excluding hydrogens is 581 g/mol. The van der Waals surface area contributed by atoms with Gasteiger partial charge in [0.15, 0.2) is 5.78 Å². The van der Waals surface area contributed by atoms with Gasteiger partial charge in [0, 0.05) is 17.2 Å². The second kappa shape index (κ2) is 11.8. The van der Waals surface area contributed by atoms with Crippen molar-refractivity contribution in [3.05, 3.63) is 87.5 Å². The van der Waals surface area contributed by atoms with Gasteiger partial charge >= 0.3 is 35.0 Å². The normalized spacial score (nSPS) is 15.6. The van der Waals surface area contributed by atoms with Gasteiger partial charge < -0.3 is 19.8 Å². The molecule has 45 heavy (non-hydrogen) atoms. The number of nitrogens with zero attached hydrogens (tertiary/aromatic N) is 4. The molecule has 3 aromatic heterocycles. The van der Waals surface area contributed by atoms with Crippen molar-refractivity contribution in [2.24, 2.45) is 0 Å². The van der Waals surface area contributed by atoms with Crippen LogP contribution in [0.1, 0.15) is 88.5 Å². The zero-order chi connectivity index (χ0) is 31.6. The van der Waals surface area contributed by atoms with Crippen LogP contribution >= 0.6 is 0 Å². The molecule has 0 saturated carbocycles. The Morgan fingerprint density at radius 2 is 1.62 bits per heavy atom. The van der Waals surface area contributed by atoms with E-state index in [2.05, 4.69) is 13.5 Å². The number of aliphatic carboxylic acids is 1. The topological polar surface area (TPSA) is 135 Å². The molecule has 0 fully saturated rings. The van der Waals surface area contributed by atoms with Gasteiger partial charge in [-0.1, -0.05) is 48.9 Å². The Kier molecular flexibility index (Phi) is 8.32. The molecule has 1 atom stereocenters. The third kappa shape index (κ3) is 4.88. The zero-order valence-corrected chi connectivity index (χ0v) is 27.4. The summed E-state index contributed by atoms with van der Waals surface area (Å²) in [5.74, 6) is -3.62. The van der Waals surface area contributed by atoms with Crippen LogP contribution in [0.4, 0.5) is 0 Å². The van der Waals surface area contributed by atoms with Gasteiger partial charge in [-0.25, -0.2) is 14.8 Å². The quantitative estimate of drug-likeness (QED) is 0.164. The largest absolute Gasteiger partial charge is 2.00 e. The number of hydrogen-bond acceptors (Lipinski definition) is 6. The van der Waals surface area contributed by atoms with Crippen molar-refractivity contribution in [2.75, 3.05) is 7.11 Å². The van der Waals surface area contributed by atoms with Gasteiger partial charge in [0.25, 0.3) is 0 Å². The number of hydrogen-bond donors (Lipinski definition) is 1. The van der Waals surface area contributed by atoms with Crippen LogP contribution in [-0.4, -0.2) is 63.0 Å². The molecule has 9 nitrogen and oxygen atoms in total. The molecule has 6 rings (SSSR count). The Balaban J connectivity index is 0.00000400. The number of esters is 1. The minimum Gasteiger partial charge on any atom is -0.657 e. The van der Waals surface area contributed by atoms with Crippen molar-refractivity contribution < 1.29 is 24.2 Å². The van der Waals surface area contributed by atoms with E-state index in [-0.39, 0.29) is 28.6 Å². The molecule has 3 aromatic rings. The fourth-order valence-electron chi connectivity index (χ4n) is 6.33. The van der Waals surface area contributed by atoms with Crippen LogP contribution < -0.4 is 9.97 Å². The number of allylic oxidation sites excluding steroid dienone is 5. The van der Waals surface area contributed by atoms with Crippen molar-refractivity contribution >= 4 is 91.2 Å². The van der Waals surface area contributed by atoms with Gasteiger partial charge in [-0.3, -0.25) is 9.59 Å². The van der Waals surface area contributed by atoms with E-state index in [0.717, 1.165) is 51.7 Å².